The molecule has 2 bridgehead atoms. The predicted octanol–water partition coefficient (Wildman–Crippen LogP) is 1.44. The number of fused-ring (bicyclic) bond motifs is 1. The number of rotatable bonds is 5. The van der Waals surface area contributed by atoms with Gasteiger partial charge in [-0.2, -0.15) is 5.10 Å². The maximum absolute atomic E-state index is 12.5. The Balaban J connectivity index is 1.59. The lowest BCUT2D eigenvalue weighted by Crippen LogP contribution is -2.54. The first-order chi connectivity index (χ1) is 11.7. The van der Waals surface area contributed by atoms with Crippen LogP contribution in [0.1, 0.15) is 33.6 Å². The minimum absolute atomic E-state index is 0.0954. The highest BCUT2D eigenvalue weighted by Crippen LogP contribution is 2.50. The molecule has 3 aliphatic rings. The van der Waals surface area contributed by atoms with Crippen molar-refractivity contribution in [3.63, 3.8) is 0 Å². The van der Waals surface area contributed by atoms with Crippen LogP contribution in [0.3, 0.4) is 0 Å². The van der Waals surface area contributed by atoms with Crippen LogP contribution in [0.15, 0.2) is 12.4 Å². The van der Waals surface area contributed by atoms with E-state index in [9.17, 15) is 9.59 Å². The maximum Gasteiger partial charge on any atom is 0.410 e. The highest BCUT2D eigenvalue weighted by atomic mass is 16.6. The lowest BCUT2D eigenvalue weighted by Gasteiger charge is -2.42. The van der Waals surface area contributed by atoms with Gasteiger partial charge in [-0.05, 0) is 39.5 Å². The Labute approximate surface area is 147 Å². The summed E-state index contributed by atoms with van der Waals surface area (Å²) in [6.07, 6.45) is 5.28. The fraction of sp³-hybridized carbons (Fsp3) is 0.706. The van der Waals surface area contributed by atoms with Gasteiger partial charge in [0.15, 0.2) is 0 Å². The molecule has 4 rings (SSSR count). The Bertz CT molecular complexity index is 657. The van der Waals surface area contributed by atoms with Crippen molar-refractivity contribution >= 4 is 17.7 Å². The number of carbonyl (C=O) groups is 2. The topological polar surface area (TPSA) is 88.5 Å². The van der Waals surface area contributed by atoms with Gasteiger partial charge in [-0.25, -0.2) is 4.79 Å². The van der Waals surface area contributed by atoms with Crippen molar-refractivity contribution in [1.82, 2.24) is 20.0 Å². The van der Waals surface area contributed by atoms with Gasteiger partial charge in [0.2, 0.25) is 5.91 Å². The van der Waals surface area contributed by atoms with Crippen molar-refractivity contribution in [2.24, 2.45) is 5.92 Å². The smallest absolute Gasteiger partial charge is 0.410 e. The van der Waals surface area contributed by atoms with E-state index in [-0.39, 0.29) is 24.1 Å². The lowest BCUT2D eigenvalue weighted by atomic mass is 9.73. The lowest BCUT2D eigenvalue weighted by molar-refractivity contribution is -0.121. The molecular weight excluding hydrogens is 322 g/mol. The largest absolute Gasteiger partial charge is 0.444 e. The third-order valence-electron chi connectivity index (χ3n) is 4.80. The summed E-state index contributed by atoms with van der Waals surface area (Å²) < 4.78 is 7.14. The van der Waals surface area contributed by atoms with E-state index >= 15 is 0 Å². The molecule has 2 aliphatic heterocycles. The van der Waals surface area contributed by atoms with Crippen LogP contribution < -0.4 is 10.6 Å². The highest BCUT2D eigenvalue weighted by Gasteiger charge is 2.58. The molecule has 0 atom stereocenters. The van der Waals surface area contributed by atoms with Crippen molar-refractivity contribution in [3.05, 3.63) is 12.4 Å². The summed E-state index contributed by atoms with van der Waals surface area (Å²) in [4.78, 5) is 25.8. The van der Waals surface area contributed by atoms with Crippen molar-refractivity contribution < 1.29 is 14.3 Å². The fourth-order valence-corrected chi connectivity index (χ4v) is 3.68. The molecule has 0 aromatic carbocycles. The molecule has 1 aliphatic carbocycles. The first-order valence-electron chi connectivity index (χ1n) is 8.68. The zero-order valence-corrected chi connectivity index (χ0v) is 15.3. The quantitative estimate of drug-likeness (QED) is 0.840. The molecule has 0 unspecified atom stereocenters. The van der Waals surface area contributed by atoms with Crippen LogP contribution in [0.5, 0.6) is 0 Å². The van der Waals surface area contributed by atoms with E-state index in [1.807, 2.05) is 25.7 Å². The number of carbonyl (C=O) groups excluding carboxylic acids is 2. The highest BCUT2D eigenvalue weighted by molar-refractivity contribution is 5.75. The average Bonchev–Trinajstić information content (AvgIpc) is 3.15. The van der Waals surface area contributed by atoms with Gasteiger partial charge < -0.3 is 20.3 Å². The van der Waals surface area contributed by atoms with Gasteiger partial charge in [-0.1, -0.05) is 0 Å². The molecule has 8 nitrogen and oxygen atoms in total. The fourth-order valence-electron chi connectivity index (χ4n) is 3.68. The standard InChI is InChI=1S/C17H27N5O3/c1-16(2,3)25-15(24)22-8-12-5-17(22,6-12)11-19-13-7-20-21(9-13)10-14(23)18-4/h7,9,12,19H,5-6,8,10-11H2,1-4H3,(H,18,23). The molecule has 25 heavy (non-hydrogen) atoms. The van der Waals surface area contributed by atoms with Crippen LogP contribution in [-0.4, -0.2) is 58.0 Å². The van der Waals surface area contributed by atoms with E-state index in [0.717, 1.165) is 25.1 Å². The molecule has 1 aromatic heterocycles. The Morgan fingerprint density at radius 1 is 1.40 bits per heavy atom. The Kier molecular flexibility index (Phi) is 4.38. The van der Waals surface area contributed by atoms with Gasteiger partial charge in [0, 0.05) is 26.3 Å². The molecule has 0 radical (unpaired) electrons. The van der Waals surface area contributed by atoms with Gasteiger partial charge >= 0.3 is 6.09 Å². The van der Waals surface area contributed by atoms with Crippen LogP contribution in [0.2, 0.25) is 0 Å². The van der Waals surface area contributed by atoms with E-state index in [0.29, 0.717) is 12.5 Å². The second-order valence-electron chi connectivity index (χ2n) is 8.04. The molecular formula is C17H27N5O3. The van der Waals surface area contributed by atoms with Crippen LogP contribution in [-0.2, 0) is 16.1 Å². The Morgan fingerprint density at radius 2 is 2.12 bits per heavy atom. The number of hydrogen-bond donors (Lipinski definition) is 2. The van der Waals surface area contributed by atoms with E-state index in [4.69, 9.17) is 4.74 Å². The molecule has 2 saturated heterocycles. The Morgan fingerprint density at radius 3 is 2.76 bits per heavy atom. The van der Waals surface area contributed by atoms with Gasteiger partial charge in [-0.3, -0.25) is 9.48 Å². The molecule has 2 N–H and O–H groups in total. The van der Waals surface area contributed by atoms with Crippen molar-refractivity contribution in [3.8, 4) is 0 Å². The normalized spacial score (nSPS) is 24.6. The predicted molar refractivity (Wildman–Crippen MR) is 93.2 cm³/mol. The van der Waals surface area contributed by atoms with E-state index < -0.39 is 5.60 Å². The zero-order valence-electron chi connectivity index (χ0n) is 15.3. The number of hydrogen-bond acceptors (Lipinski definition) is 5. The number of aromatic nitrogens is 2. The second kappa shape index (κ2) is 6.24. The van der Waals surface area contributed by atoms with E-state index in [2.05, 4.69) is 15.7 Å². The number of amides is 2. The number of ether oxygens (including phenoxy) is 1. The second-order valence-corrected chi connectivity index (χ2v) is 8.04. The summed E-state index contributed by atoms with van der Waals surface area (Å²) in [6, 6.07) is 0. The zero-order chi connectivity index (χ0) is 18.2. The van der Waals surface area contributed by atoms with Crippen molar-refractivity contribution in [2.75, 3.05) is 25.5 Å². The molecule has 138 valence electrons. The third kappa shape index (κ3) is 3.72. The van der Waals surface area contributed by atoms with Gasteiger partial charge in [0.05, 0.1) is 17.4 Å². The molecule has 1 saturated carbocycles. The molecule has 1 aromatic rings. The number of nitrogens with zero attached hydrogens (tertiary/aromatic N) is 3. The summed E-state index contributed by atoms with van der Waals surface area (Å²) in [5.74, 6) is 0.479. The van der Waals surface area contributed by atoms with Crippen LogP contribution in [0.25, 0.3) is 0 Å². The minimum atomic E-state index is -0.486. The van der Waals surface area contributed by atoms with Crippen molar-refractivity contribution in [1.29, 1.82) is 0 Å². The summed E-state index contributed by atoms with van der Waals surface area (Å²) in [6.45, 7) is 7.28. The Hall–Kier alpha value is -2.25. The molecule has 3 fully saturated rings. The summed E-state index contributed by atoms with van der Waals surface area (Å²) >= 11 is 0. The summed E-state index contributed by atoms with van der Waals surface area (Å²) in [5, 5.41) is 10.1. The van der Waals surface area contributed by atoms with E-state index in [1.54, 1.807) is 24.1 Å². The van der Waals surface area contributed by atoms with E-state index in [1.165, 1.54) is 0 Å². The minimum Gasteiger partial charge on any atom is -0.444 e. The van der Waals surface area contributed by atoms with Gasteiger partial charge in [0.1, 0.15) is 12.1 Å². The summed E-state index contributed by atoms with van der Waals surface area (Å²) in [5.41, 5.74) is 0.188. The molecule has 3 heterocycles. The van der Waals surface area contributed by atoms with Gasteiger partial charge in [0.25, 0.3) is 0 Å². The van der Waals surface area contributed by atoms with Crippen LogP contribution in [0, 0.1) is 5.92 Å². The number of anilines is 1. The third-order valence-corrected chi connectivity index (χ3v) is 4.80. The first-order valence-corrected chi connectivity index (χ1v) is 8.68. The maximum atomic E-state index is 12.5. The summed E-state index contributed by atoms with van der Waals surface area (Å²) in [7, 11) is 1.60. The van der Waals surface area contributed by atoms with Crippen LogP contribution >= 0.6 is 0 Å². The molecule has 8 heteroatoms. The monoisotopic (exact) mass is 349 g/mol. The van der Waals surface area contributed by atoms with Crippen molar-refractivity contribution in [2.45, 2.75) is 51.3 Å². The molecule has 2 amide bonds. The number of likely N-dealkylation sites (N-methyl/N-ethyl adjacent to an activating group) is 1. The van der Waals surface area contributed by atoms with Gasteiger partial charge in [-0.15, -0.1) is 0 Å². The SMILES string of the molecule is CNC(=O)Cn1cc(NCC23CC(CN2C(=O)OC(C)(C)C)C3)cn1. The van der Waals surface area contributed by atoms with Crippen LogP contribution in [0.4, 0.5) is 10.5 Å². The number of nitrogens with one attached hydrogen (secondary N) is 2. The molecule has 0 spiro atoms. The average molecular weight is 349 g/mol. The first kappa shape index (κ1) is 17.6.